The van der Waals surface area contributed by atoms with Gasteiger partial charge in [-0.25, -0.2) is 4.18 Å². The minimum Gasteiger partial charge on any atom is -0.394 e. The number of nitrogens with one attached hydrogen (secondary N) is 1. The predicted molar refractivity (Wildman–Crippen MR) is 282 cm³/mol. The number of aliphatic hydroxyl groups is 4. The van der Waals surface area contributed by atoms with E-state index in [4.69, 9.17) is 9.47 Å². The molecule has 0 bridgehead atoms. The molecule has 0 aromatic carbocycles. The average molecular weight is 1000 g/mol. The molecule has 12 nitrogen and oxygen atoms in total. The Bertz CT molecular complexity index is 1270. The van der Waals surface area contributed by atoms with Crippen LogP contribution >= 0.6 is 0 Å². The molecule has 7 atom stereocenters. The maximum absolute atomic E-state index is 13.1. The molecule has 0 saturated carbocycles. The Labute approximate surface area is 423 Å². The Morgan fingerprint density at radius 1 is 0.565 bits per heavy atom. The van der Waals surface area contributed by atoms with Gasteiger partial charge in [-0.15, -0.1) is 0 Å². The summed E-state index contributed by atoms with van der Waals surface area (Å²) in [6, 6.07) is -0.853. The first-order chi connectivity index (χ1) is 33.5. The van der Waals surface area contributed by atoms with E-state index in [1.54, 1.807) is 0 Å². The lowest BCUT2D eigenvalue weighted by molar-refractivity contribution is -0.298. The summed E-state index contributed by atoms with van der Waals surface area (Å²) < 4.78 is 47.7. The number of carbonyl (C=O) groups is 1. The van der Waals surface area contributed by atoms with E-state index in [-0.39, 0.29) is 12.5 Å². The molecule has 0 aliphatic carbocycles. The highest BCUT2D eigenvalue weighted by molar-refractivity contribution is 7.80. The molecule has 0 radical (unpaired) electrons. The van der Waals surface area contributed by atoms with Crippen molar-refractivity contribution in [3.8, 4) is 0 Å². The second kappa shape index (κ2) is 46.6. The van der Waals surface area contributed by atoms with Crippen LogP contribution in [0.15, 0.2) is 12.2 Å². The molecular weight excluding hydrogens is 895 g/mol. The van der Waals surface area contributed by atoms with Gasteiger partial charge in [0.1, 0.15) is 24.4 Å². The van der Waals surface area contributed by atoms with Gasteiger partial charge in [0.2, 0.25) is 5.91 Å². The Balaban J connectivity index is 2.15. The van der Waals surface area contributed by atoms with Gasteiger partial charge in [-0.05, 0) is 38.5 Å². The normalized spacial score (nSPS) is 19.7. The highest BCUT2D eigenvalue weighted by Gasteiger charge is 2.48. The quantitative estimate of drug-likeness (QED) is 0.0193. The average Bonchev–Trinajstić information content (AvgIpc) is 3.32. The first kappa shape index (κ1) is 65.9. The molecule has 1 fully saturated rings. The van der Waals surface area contributed by atoms with Crippen molar-refractivity contribution in [2.75, 3.05) is 13.2 Å². The zero-order valence-electron chi connectivity index (χ0n) is 44.4. The van der Waals surface area contributed by atoms with E-state index in [2.05, 4.69) is 35.5 Å². The fourth-order valence-electron chi connectivity index (χ4n) is 9.57. The van der Waals surface area contributed by atoms with Crippen LogP contribution < -0.4 is 5.32 Å². The molecular formula is C56H109NO11S. The molecule has 69 heavy (non-hydrogen) atoms. The minimum atomic E-state index is -5.07. The maximum Gasteiger partial charge on any atom is 0.397 e. The molecule has 1 heterocycles. The lowest BCUT2D eigenvalue weighted by Gasteiger charge is -2.41. The first-order valence-electron chi connectivity index (χ1n) is 29.1. The van der Waals surface area contributed by atoms with Crippen LogP contribution in [0.1, 0.15) is 284 Å². The Morgan fingerprint density at radius 3 is 1.30 bits per heavy atom. The topological polar surface area (TPSA) is 192 Å². The molecule has 0 spiro atoms. The van der Waals surface area contributed by atoms with E-state index in [9.17, 15) is 38.2 Å². The SMILES string of the molecule is CCCCCCCCCCCCCC/C=C\CCCCCCCCCCCCCCCCCCCC(=O)NC(COC1OC(CO)C(O)C(OS(=O)(=O)O)C1O)C(O)CCCCCCCCCCC. The minimum absolute atomic E-state index is 0.227. The van der Waals surface area contributed by atoms with Crippen molar-refractivity contribution in [3.05, 3.63) is 12.2 Å². The fraction of sp³-hybridized carbons (Fsp3) is 0.946. The Morgan fingerprint density at radius 2 is 0.928 bits per heavy atom. The van der Waals surface area contributed by atoms with Crippen LogP contribution in [-0.2, 0) is 28.9 Å². The van der Waals surface area contributed by atoms with Crippen molar-refractivity contribution in [2.45, 2.75) is 326 Å². The Kier molecular flexibility index (Phi) is 44.5. The van der Waals surface area contributed by atoms with Crippen molar-refractivity contribution in [1.82, 2.24) is 5.32 Å². The number of hydrogen-bond donors (Lipinski definition) is 6. The van der Waals surface area contributed by atoms with Gasteiger partial charge in [0.05, 0.1) is 25.4 Å². The predicted octanol–water partition coefficient (Wildman–Crippen LogP) is 13.5. The highest BCUT2D eigenvalue weighted by Crippen LogP contribution is 2.26. The van der Waals surface area contributed by atoms with Gasteiger partial charge in [-0.3, -0.25) is 9.35 Å². The largest absolute Gasteiger partial charge is 0.397 e. The molecule has 410 valence electrons. The summed E-state index contributed by atoms with van der Waals surface area (Å²) >= 11 is 0. The third-order valence-corrected chi connectivity index (χ3v) is 14.5. The van der Waals surface area contributed by atoms with Gasteiger partial charge in [0.25, 0.3) is 0 Å². The van der Waals surface area contributed by atoms with E-state index in [0.29, 0.717) is 12.8 Å². The molecule has 0 aromatic heterocycles. The van der Waals surface area contributed by atoms with Gasteiger partial charge in [0.15, 0.2) is 6.29 Å². The summed E-state index contributed by atoms with van der Waals surface area (Å²) in [5.41, 5.74) is 0. The molecule has 1 aliphatic heterocycles. The lowest BCUT2D eigenvalue weighted by Crippen LogP contribution is -2.61. The number of hydrogen-bond acceptors (Lipinski definition) is 10. The highest BCUT2D eigenvalue weighted by atomic mass is 32.3. The van der Waals surface area contributed by atoms with Crippen molar-refractivity contribution >= 4 is 16.3 Å². The van der Waals surface area contributed by atoms with Crippen LogP contribution in [0.5, 0.6) is 0 Å². The summed E-state index contributed by atoms with van der Waals surface area (Å²) in [7, 11) is -5.07. The second-order valence-electron chi connectivity index (χ2n) is 20.6. The van der Waals surface area contributed by atoms with Crippen LogP contribution in [0.2, 0.25) is 0 Å². The standard InChI is InChI=1S/C56H109NO11S/c1-3-5-7-9-11-13-14-15-16-17-18-19-20-21-22-23-24-25-26-27-28-29-30-31-32-33-34-35-36-38-40-42-44-46-52(60)57-49(50(59)45-43-41-39-37-12-10-8-6-4-2)48-66-56-54(62)55(68-69(63,64)65)53(61)51(47-58)67-56/h21-22,49-51,53-56,58-59,61-62H,3-20,23-48H2,1-2H3,(H,57,60)(H,63,64,65)/b22-21-. The van der Waals surface area contributed by atoms with Gasteiger partial charge >= 0.3 is 10.4 Å². The zero-order chi connectivity index (χ0) is 50.5. The van der Waals surface area contributed by atoms with E-state index >= 15 is 0 Å². The van der Waals surface area contributed by atoms with Gasteiger partial charge < -0.3 is 35.2 Å². The second-order valence-corrected chi connectivity index (χ2v) is 21.6. The summed E-state index contributed by atoms with van der Waals surface area (Å²) in [6.07, 6.45) is 47.0. The first-order valence-corrected chi connectivity index (χ1v) is 30.4. The van der Waals surface area contributed by atoms with Crippen molar-refractivity contribution in [1.29, 1.82) is 0 Å². The zero-order valence-corrected chi connectivity index (χ0v) is 45.2. The van der Waals surface area contributed by atoms with E-state index in [1.807, 2.05) is 0 Å². The number of amides is 1. The van der Waals surface area contributed by atoms with Crippen LogP contribution in [-0.4, -0.2) is 95.4 Å². The maximum atomic E-state index is 13.1. The van der Waals surface area contributed by atoms with E-state index < -0.39 is 59.9 Å². The third-order valence-electron chi connectivity index (χ3n) is 14.1. The summed E-state index contributed by atoms with van der Waals surface area (Å²) in [4.78, 5) is 13.1. The van der Waals surface area contributed by atoms with Crippen LogP contribution in [0, 0.1) is 0 Å². The van der Waals surface area contributed by atoms with Crippen molar-refractivity contribution < 1.29 is 51.8 Å². The lowest BCUT2D eigenvalue weighted by atomic mass is 9.99. The van der Waals surface area contributed by atoms with Crippen molar-refractivity contribution in [2.24, 2.45) is 0 Å². The van der Waals surface area contributed by atoms with E-state index in [0.717, 1.165) is 51.4 Å². The van der Waals surface area contributed by atoms with Crippen LogP contribution in [0.4, 0.5) is 0 Å². The van der Waals surface area contributed by atoms with Gasteiger partial charge in [-0.1, -0.05) is 251 Å². The van der Waals surface area contributed by atoms with Crippen molar-refractivity contribution in [3.63, 3.8) is 0 Å². The molecule has 1 rings (SSSR count). The summed E-state index contributed by atoms with van der Waals surface area (Å²) in [6.45, 7) is 3.45. The number of carbonyl (C=O) groups excluding carboxylic acids is 1. The van der Waals surface area contributed by atoms with Crippen LogP contribution in [0.25, 0.3) is 0 Å². The van der Waals surface area contributed by atoms with Gasteiger partial charge in [-0.2, -0.15) is 8.42 Å². The Hall–Kier alpha value is -1.16. The number of rotatable bonds is 51. The molecule has 1 aliphatic rings. The number of allylic oxidation sites excluding steroid dienone is 2. The van der Waals surface area contributed by atoms with E-state index in [1.165, 1.54) is 205 Å². The molecule has 7 unspecified atom stereocenters. The van der Waals surface area contributed by atoms with Crippen LogP contribution in [0.3, 0.4) is 0 Å². The molecule has 6 N–H and O–H groups in total. The molecule has 13 heteroatoms. The molecule has 1 amide bonds. The fourth-order valence-corrected chi connectivity index (χ4v) is 10.1. The third kappa shape index (κ3) is 39.0. The summed E-state index contributed by atoms with van der Waals surface area (Å²) in [5.74, 6) is -0.227. The molecule has 0 aromatic rings. The monoisotopic (exact) mass is 1000 g/mol. The smallest absolute Gasteiger partial charge is 0.394 e. The number of ether oxygens (including phenoxy) is 2. The summed E-state index contributed by atoms with van der Waals surface area (Å²) in [5, 5.41) is 44.9. The molecule has 1 saturated heterocycles. The van der Waals surface area contributed by atoms with Gasteiger partial charge in [0, 0.05) is 6.42 Å². The number of unbranched alkanes of at least 4 members (excludes halogenated alkanes) is 37. The number of aliphatic hydroxyl groups excluding tert-OH is 4.